The van der Waals surface area contributed by atoms with E-state index >= 15 is 0 Å². The summed E-state index contributed by atoms with van der Waals surface area (Å²) in [7, 11) is 0. The summed E-state index contributed by atoms with van der Waals surface area (Å²) in [6.07, 6.45) is 4.27. The van der Waals surface area contributed by atoms with Gasteiger partial charge in [0.05, 0.1) is 6.26 Å². The lowest BCUT2D eigenvalue weighted by molar-refractivity contribution is -0.0563. The molecule has 0 aliphatic heterocycles. The largest absolute Gasteiger partial charge is 0.473 e. The van der Waals surface area contributed by atoms with Gasteiger partial charge in [-0.25, -0.2) is 0 Å². The van der Waals surface area contributed by atoms with Gasteiger partial charge in [0.2, 0.25) is 0 Å². The van der Waals surface area contributed by atoms with Gasteiger partial charge in [0.1, 0.15) is 0 Å². The second-order valence-corrected chi connectivity index (χ2v) is 1.85. The van der Waals surface area contributed by atoms with Crippen LogP contribution in [0, 0.1) is 0 Å². The van der Waals surface area contributed by atoms with Crippen LogP contribution in [0.5, 0.6) is 0 Å². The molecule has 0 fully saturated rings. The van der Waals surface area contributed by atoms with Crippen LogP contribution in [-0.4, -0.2) is 11.4 Å². The van der Waals surface area contributed by atoms with Crippen molar-refractivity contribution in [3.05, 3.63) is 12.3 Å². The molecule has 0 spiro atoms. The minimum Gasteiger partial charge on any atom is -0.473 e. The van der Waals surface area contributed by atoms with Crippen LogP contribution in [0.15, 0.2) is 12.3 Å². The van der Waals surface area contributed by atoms with Gasteiger partial charge in [-0.15, -0.1) is 0 Å². The summed E-state index contributed by atoms with van der Waals surface area (Å²) in [6.45, 7) is 3.85. The Kier molecular flexibility index (Phi) is 5.32. The van der Waals surface area contributed by atoms with Crippen LogP contribution >= 0.6 is 0 Å². The van der Waals surface area contributed by atoms with Crippen LogP contribution in [0.1, 0.15) is 26.7 Å². The van der Waals surface area contributed by atoms with E-state index in [1.807, 2.05) is 13.8 Å². The van der Waals surface area contributed by atoms with E-state index in [0.29, 0.717) is 6.42 Å². The number of rotatable bonds is 4. The molecule has 2 nitrogen and oxygen atoms in total. The monoisotopic (exact) mass is 130 g/mol. The van der Waals surface area contributed by atoms with E-state index in [4.69, 9.17) is 9.84 Å². The van der Waals surface area contributed by atoms with Gasteiger partial charge >= 0.3 is 0 Å². The minimum absolute atomic E-state index is 0.619. The highest BCUT2D eigenvalue weighted by Crippen LogP contribution is 1.97. The van der Waals surface area contributed by atoms with Gasteiger partial charge < -0.3 is 9.84 Å². The lowest BCUT2D eigenvalue weighted by atomic mass is 10.3. The van der Waals surface area contributed by atoms with Crippen LogP contribution in [0.3, 0.4) is 0 Å². The summed E-state index contributed by atoms with van der Waals surface area (Å²) < 4.78 is 4.81. The third kappa shape index (κ3) is 5.37. The maximum atomic E-state index is 8.91. The Bertz CT molecular complexity index is 79.0. The van der Waals surface area contributed by atoms with Crippen molar-refractivity contribution < 1.29 is 9.84 Å². The highest BCUT2D eigenvalue weighted by atomic mass is 16.6. The quantitative estimate of drug-likeness (QED) is 0.463. The van der Waals surface area contributed by atoms with Gasteiger partial charge in [-0.1, -0.05) is 19.4 Å². The molecule has 0 heterocycles. The summed E-state index contributed by atoms with van der Waals surface area (Å²) in [4.78, 5) is 0. The molecular weight excluding hydrogens is 116 g/mol. The zero-order valence-corrected chi connectivity index (χ0v) is 6.00. The number of allylic oxidation sites excluding steroid dienone is 1. The molecule has 0 aromatic rings. The highest BCUT2D eigenvalue weighted by Gasteiger charge is 1.96. The standard InChI is InChI=1S/C7H14O2/c1-3-5-7(8)9-6-4-2/h4,6-8H,3,5H2,1-2H3/b6-4-. The first-order valence-electron chi connectivity index (χ1n) is 3.26. The second-order valence-electron chi connectivity index (χ2n) is 1.85. The first-order chi connectivity index (χ1) is 4.31. The van der Waals surface area contributed by atoms with Crippen LogP contribution in [0.25, 0.3) is 0 Å². The molecule has 2 heteroatoms. The van der Waals surface area contributed by atoms with Crippen LogP contribution in [-0.2, 0) is 4.74 Å². The molecule has 1 unspecified atom stereocenters. The van der Waals surface area contributed by atoms with E-state index in [1.165, 1.54) is 6.26 Å². The zero-order valence-electron chi connectivity index (χ0n) is 6.00. The molecule has 0 aliphatic carbocycles. The van der Waals surface area contributed by atoms with E-state index in [-0.39, 0.29) is 0 Å². The lowest BCUT2D eigenvalue weighted by Gasteiger charge is -2.06. The van der Waals surface area contributed by atoms with Crippen LogP contribution in [0.4, 0.5) is 0 Å². The van der Waals surface area contributed by atoms with Gasteiger partial charge in [0.25, 0.3) is 0 Å². The van der Waals surface area contributed by atoms with Crippen molar-refractivity contribution >= 4 is 0 Å². The number of ether oxygens (including phenoxy) is 1. The molecule has 1 atom stereocenters. The van der Waals surface area contributed by atoms with Gasteiger partial charge in [-0.2, -0.15) is 0 Å². The van der Waals surface area contributed by atoms with Crippen LogP contribution < -0.4 is 0 Å². The molecular formula is C7H14O2. The summed E-state index contributed by atoms with van der Waals surface area (Å²) in [5.74, 6) is 0. The average molecular weight is 130 g/mol. The number of hydrogen-bond donors (Lipinski definition) is 1. The highest BCUT2D eigenvalue weighted by molar-refractivity contribution is 4.65. The molecule has 0 amide bonds. The molecule has 0 saturated carbocycles. The minimum atomic E-state index is -0.619. The fourth-order valence-corrected chi connectivity index (χ4v) is 0.484. The summed E-state index contributed by atoms with van der Waals surface area (Å²) >= 11 is 0. The Morgan fingerprint density at radius 1 is 1.67 bits per heavy atom. The zero-order chi connectivity index (χ0) is 7.11. The van der Waals surface area contributed by atoms with Crippen molar-refractivity contribution in [2.45, 2.75) is 33.0 Å². The Hall–Kier alpha value is -0.500. The maximum Gasteiger partial charge on any atom is 0.196 e. The molecule has 0 rings (SSSR count). The van der Waals surface area contributed by atoms with Crippen molar-refractivity contribution in [2.75, 3.05) is 0 Å². The molecule has 0 saturated heterocycles. The Balaban J connectivity index is 3.15. The van der Waals surface area contributed by atoms with Gasteiger partial charge in [0.15, 0.2) is 6.29 Å². The van der Waals surface area contributed by atoms with Crippen molar-refractivity contribution in [1.82, 2.24) is 0 Å². The molecule has 0 bridgehead atoms. The van der Waals surface area contributed by atoms with Crippen molar-refractivity contribution in [3.8, 4) is 0 Å². The second kappa shape index (κ2) is 5.63. The smallest absolute Gasteiger partial charge is 0.196 e. The van der Waals surface area contributed by atoms with Crippen LogP contribution in [0.2, 0.25) is 0 Å². The molecule has 9 heavy (non-hydrogen) atoms. The summed E-state index contributed by atoms with van der Waals surface area (Å²) in [5, 5.41) is 8.91. The Morgan fingerprint density at radius 3 is 2.78 bits per heavy atom. The molecule has 1 N–H and O–H groups in total. The number of aliphatic hydroxyl groups is 1. The SMILES string of the molecule is C/C=C\OC(O)CCC. The van der Waals surface area contributed by atoms with E-state index in [0.717, 1.165) is 6.42 Å². The third-order valence-electron chi connectivity index (χ3n) is 0.907. The molecule has 0 aromatic heterocycles. The molecule has 0 aromatic carbocycles. The fraction of sp³-hybridized carbons (Fsp3) is 0.714. The normalized spacial score (nSPS) is 14.1. The number of aliphatic hydroxyl groups excluding tert-OH is 1. The summed E-state index contributed by atoms with van der Waals surface area (Å²) in [5.41, 5.74) is 0. The van der Waals surface area contributed by atoms with Crippen molar-refractivity contribution in [2.24, 2.45) is 0 Å². The Morgan fingerprint density at radius 2 is 2.33 bits per heavy atom. The maximum absolute atomic E-state index is 8.91. The average Bonchev–Trinajstić information content (AvgIpc) is 1.85. The fourth-order valence-electron chi connectivity index (χ4n) is 0.484. The first-order valence-corrected chi connectivity index (χ1v) is 3.26. The van der Waals surface area contributed by atoms with Gasteiger partial charge in [-0.05, 0) is 6.92 Å². The van der Waals surface area contributed by atoms with E-state index in [1.54, 1.807) is 6.08 Å². The third-order valence-corrected chi connectivity index (χ3v) is 0.907. The van der Waals surface area contributed by atoms with Crippen molar-refractivity contribution in [3.63, 3.8) is 0 Å². The molecule has 0 radical (unpaired) electrons. The van der Waals surface area contributed by atoms with E-state index in [9.17, 15) is 0 Å². The Labute approximate surface area is 56.1 Å². The topological polar surface area (TPSA) is 29.5 Å². The van der Waals surface area contributed by atoms with E-state index < -0.39 is 6.29 Å². The predicted octanol–water partition coefficient (Wildman–Crippen LogP) is 1.66. The molecule has 0 aliphatic rings. The van der Waals surface area contributed by atoms with Gasteiger partial charge in [0, 0.05) is 6.42 Å². The number of hydrogen-bond acceptors (Lipinski definition) is 2. The summed E-state index contributed by atoms with van der Waals surface area (Å²) in [6, 6.07) is 0. The predicted molar refractivity (Wildman–Crippen MR) is 36.8 cm³/mol. The van der Waals surface area contributed by atoms with Gasteiger partial charge in [-0.3, -0.25) is 0 Å². The van der Waals surface area contributed by atoms with E-state index in [2.05, 4.69) is 0 Å². The lowest BCUT2D eigenvalue weighted by Crippen LogP contribution is -2.06. The van der Waals surface area contributed by atoms with Crippen molar-refractivity contribution in [1.29, 1.82) is 0 Å². The molecule has 54 valence electrons. The first kappa shape index (κ1) is 8.50.